The van der Waals surface area contributed by atoms with Gasteiger partial charge < -0.3 is 30.2 Å². The molecule has 0 radical (unpaired) electrons. The van der Waals surface area contributed by atoms with Crippen molar-refractivity contribution in [3.8, 4) is 5.88 Å². The predicted molar refractivity (Wildman–Crippen MR) is 161 cm³/mol. The molecule has 10 heteroatoms. The molecule has 4 N–H and O–H groups in total. The Morgan fingerprint density at radius 1 is 0.976 bits per heavy atom. The molecule has 2 aromatic carbocycles. The van der Waals surface area contributed by atoms with Gasteiger partial charge in [0.15, 0.2) is 0 Å². The summed E-state index contributed by atoms with van der Waals surface area (Å²) in [6, 6.07) is 19.6. The highest BCUT2D eigenvalue weighted by Crippen LogP contribution is 2.22. The maximum Gasteiger partial charge on any atom is 0.243 e. The number of carbonyl (C=O) groups is 3. The van der Waals surface area contributed by atoms with Gasteiger partial charge >= 0.3 is 0 Å². The molecule has 3 heterocycles. The minimum Gasteiger partial charge on any atom is -0.473 e. The second kappa shape index (κ2) is 13.3. The molecule has 0 saturated carbocycles. The van der Waals surface area contributed by atoms with E-state index >= 15 is 0 Å². The Morgan fingerprint density at radius 3 is 2.60 bits per heavy atom. The van der Waals surface area contributed by atoms with Crippen molar-refractivity contribution in [3.05, 3.63) is 102 Å². The fourth-order valence-corrected chi connectivity index (χ4v) is 4.61. The van der Waals surface area contributed by atoms with Crippen LogP contribution in [0, 0.1) is 0 Å². The van der Waals surface area contributed by atoms with Crippen LogP contribution in [-0.4, -0.2) is 57.2 Å². The van der Waals surface area contributed by atoms with Crippen LogP contribution in [-0.2, 0) is 27.4 Å². The van der Waals surface area contributed by atoms with E-state index in [1.165, 1.54) is 11.8 Å². The Labute approximate surface area is 242 Å². The highest BCUT2D eigenvalue weighted by Gasteiger charge is 2.18. The molecular weight excluding hydrogens is 532 g/mol. The number of rotatable bonds is 12. The first-order chi connectivity index (χ1) is 20.5. The number of hydrogen-bond donors (Lipinski definition) is 4. The van der Waals surface area contributed by atoms with E-state index in [1.54, 1.807) is 18.5 Å². The van der Waals surface area contributed by atoms with Gasteiger partial charge in [-0.3, -0.25) is 14.4 Å². The quantitative estimate of drug-likeness (QED) is 0.182. The summed E-state index contributed by atoms with van der Waals surface area (Å²) in [6.45, 7) is 1.76. The molecule has 214 valence electrons. The second-order valence-corrected chi connectivity index (χ2v) is 9.82. The number of aromatic nitrogens is 3. The molecule has 42 heavy (non-hydrogen) atoms. The van der Waals surface area contributed by atoms with Gasteiger partial charge in [0.1, 0.15) is 6.61 Å². The highest BCUT2D eigenvalue weighted by atomic mass is 16.5. The third-order valence-electron chi connectivity index (χ3n) is 6.81. The average molecular weight is 565 g/mol. The van der Waals surface area contributed by atoms with Gasteiger partial charge in [-0.25, -0.2) is 4.98 Å². The first-order valence-corrected chi connectivity index (χ1v) is 13.6. The number of aromatic amines is 2. The standard InChI is InChI=1S/C32H32N6O4/c1-22(39)34-19-32(41)38(14-12-25-17-35-28-10-6-5-9-26(25)28)20-30(40)33-13-11-24-16-36-29-15-31(37-18-27(24)29)42-21-23-7-3-2-4-8-23/h2-11,13,15-18,35-36H,12,14,19-21H2,1H3,(H,33,40)(H,34,39)/b13-11+. The van der Waals surface area contributed by atoms with Crippen molar-refractivity contribution in [1.82, 2.24) is 30.5 Å². The third kappa shape index (κ3) is 7.22. The van der Waals surface area contributed by atoms with Gasteiger partial charge in [0.05, 0.1) is 18.6 Å². The number of fused-ring (bicyclic) bond motifs is 2. The van der Waals surface area contributed by atoms with Gasteiger partial charge in [-0.15, -0.1) is 0 Å². The number of ether oxygens (including phenoxy) is 1. The second-order valence-electron chi connectivity index (χ2n) is 9.82. The van der Waals surface area contributed by atoms with E-state index in [4.69, 9.17) is 4.74 Å². The Bertz CT molecular complexity index is 1720. The average Bonchev–Trinajstić information content (AvgIpc) is 3.61. The summed E-state index contributed by atoms with van der Waals surface area (Å²) in [5.41, 5.74) is 4.80. The summed E-state index contributed by atoms with van der Waals surface area (Å²) in [4.78, 5) is 49.3. The molecule has 0 fully saturated rings. The number of para-hydroxylation sites is 1. The first-order valence-electron chi connectivity index (χ1n) is 13.6. The number of H-pyrrole nitrogens is 2. The van der Waals surface area contributed by atoms with E-state index in [0.717, 1.165) is 38.5 Å². The third-order valence-corrected chi connectivity index (χ3v) is 6.81. The van der Waals surface area contributed by atoms with Gasteiger partial charge in [0, 0.05) is 66.2 Å². The SMILES string of the molecule is CC(=O)NCC(=O)N(CCc1c[nH]c2ccccc12)CC(=O)N/C=C/c1c[nH]c2cc(OCc3ccccc3)ncc12. The van der Waals surface area contributed by atoms with Gasteiger partial charge in [-0.05, 0) is 29.7 Å². The predicted octanol–water partition coefficient (Wildman–Crippen LogP) is 3.92. The molecule has 0 unspecified atom stereocenters. The molecule has 3 amide bonds. The lowest BCUT2D eigenvalue weighted by Gasteiger charge is -2.22. The molecule has 0 aliphatic rings. The van der Waals surface area contributed by atoms with Crippen LogP contribution in [0.25, 0.3) is 27.9 Å². The smallest absolute Gasteiger partial charge is 0.243 e. The summed E-state index contributed by atoms with van der Waals surface area (Å²) in [5.74, 6) is -0.489. The minimum atomic E-state index is -0.351. The van der Waals surface area contributed by atoms with Crippen molar-refractivity contribution in [2.24, 2.45) is 0 Å². The van der Waals surface area contributed by atoms with Gasteiger partial charge in [-0.2, -0.15) is 0 Å². The number of hydrogen-bond acceptors (Lipinski definition) is 5. The normalized spacial score (nSPS) is 11.2. The molecule has 5 rings (SSSR count). The molecule has 10 nitrogen and oxygen atoms in total. The van der Waals surface area contributed by atoms with Crippen molar-refractivity contribution in [2.45, 2.75) is 20.0 Å². The van der Waals surface area contributed by atoms with Crippen LogP contribution in [0.5, 0.6) is 5.88 Å². The molecule has 0 aliphatic heterocycles. The Kier molecular flexibility index (Phi) is 8.93. The maximum atomic E-state index is 12.9. The molecule has 5 aromatic rings. The van der Waals surface area contributed by atoms with E-state index in [1.807, 2.05) is 73.1 Å². The molecule has 0 atom stereocenters. The summed E-state index contributed by atoms with van der Waals surface area (Å²) in [6.07, 6.45) is 9.32. The number of benzene rings is 2. The molecule has 0 spiro atoms. The fraction of sp³-hybridized carbons (Fsp3) is 0.188. The van der Waals surface area contributed by atoms with Crippen molar-refractivity contribution < 1.29 is 19.1 Å². The van der Waals surface area contributed by atoms with Crippen LogP contribution in [0.2, 0.25) is 0 Å². The summed E-state index contributed by atoms with van der Waals surface area (Å²) < 4.78 is 5.81. The molecular formula is C32H32N6O4. The fourth-order valence-electron chi connectivity index (χ4n) is 4.61. The zero-order valence-corrected chi connectivity index (χ0v) is 23.2. The van der Waals surface area contributed by atoms with Gasteiger partial charge in [0.2, 0.25) is 23.6 Å². The monoisotopic (exact) mass is 564 g/mol. The van der Waals surface area contributed by atoms with E-state index in [-0.39, 0.29) is 30.8 Å². The topological polar surface area (TPSA) is 132 Å². The molecule has 0 saturated heterocycles. The van der Waals surface area contributed by atoms with Crippen LogP contribution in [0.1, 0.15) is 23.6 Å². The first kappa shape index (κ1) is 28.2. The number of pyridine rings is 1. The van der Waals surface area contributed by atoms with Gasteiger partial charge in [0.25, 0.3) is 0 Å². The van der Waals surface area contributed by atoms with Crippen LogP contribution >= 0.6 is 0 Å². The van der Waals surface area contributed by atoms with Crippen molar-refractivity contribution in [3.63, 3.8) is 0 Å². The van der Waals surface area contributed by atoms with Crippen LogP contribution in [0.4, 0.5) is 0 Å². The molecule has 0 aliphatic carbocycles. The summed E-state index contributed by atoms with van der Waals surface area (Å²) in [5, 5.41) is 7.21. The number of nitrogens with one attached hydrogen (secondary N) is 4. The van der Waals surface area contributed by atoms with Crippen LogP contribution < -0.4 is 15.4 Å². The van der Waals surface area contributed by atoms with E-state index < -0.39 is 0 Å². The maximum absolute atomic E-state index is 12.9. The van der Waals surface area contributed by atoms with Crippen LogP contribution in [0.3, 0.4) is 0 Å². The zero-order valence-electron chi connectivity index (χ0n) is 23.2. The van der Waals surface area contributed by atoms with Crippen LogP contribution in [0.15, 0.2) is 85.5 Å². The van der Waals surface area contributed by atoms with Crippen molar-refractivity contribution in [1.29, 1.82) is 0 Å². The van der Waals surface area contributed by atoms with E-state index in [0.29, 0.717) is 25.5 Å². The number of amides is 3. The van der Waals surface area contributed by atoms with Crippen molar-refractivity contribution in [2.75, 3.05) is 19.6 Å². The lowest BCUT2D eigenvalue weighted by molar-refractivity contribution is -0.136. The Morgan fingerprint density at radius 2 is 1.76 bits per heavy atom. The lowest BCUT2D eigenvalue weighted by Crippen LogP contribution is -2.45. The zero-order chi connectivity index (χ0) is 29.3. The lowest BCUT2D eigenvalue weighted by atomic mass is 10.1. The Hall–Kier alpha value is -5.38. The Balaban J connectivity index is 1.19. The number of carbonyl (C=O) groups excluding carboxylic acids is 3. The minimum absolute atomic E-state index is 0.150. The highest BCUT2D eigenvalue weighted by molar-refractivity contribution is 5.91. The molecule has 0 bridgehead atoms. The van der Waals surface area contributed by atoms with E-state index in [9.17, 15) is 14.4 Å². The summed E-state index contributed by atoms with van der Waals surface area (Å²) in [7, 11) is 0. The van der Waals surface area contributed by atoms with Gasteiger partial charge in [-0.1, -0.05) is 48.5 Å². The van der Waals surface area contributed by atoms with Crippen molar-refractivity contribution >= 4 is 45.6 Å². The molecule has 3 aromatic heterocycles. The largest absolute Gasteiger partial charge is 0.473 e. The van der Waals surface area contributed by atoms with E-state index in [2.05, 4.69) is 25.6 Å². The number of nitrogens with zero attached hydrogens (tertiary/aromatic N) is 2. The summed E-state index contributed by atoms with van der Waals surface area (Å²) >= 11 is 0.